The highest BCUT2D eigenvalue weighted by atomic mass is 16.5. The maximum Gasteiger partial charge on any atom is 0.191 e. The Bertz CT molecular complexity index is 389. The van der Waals surface area contributed by atoms with Crippen LogP contribution in [-0.2, 0) is 11.3 Å². The Hall–Kier alpha value is -1.56. The lowest BCUT2D eigenvalue weighted by Crippen LogP contribution is -2.39. The highest BCUT2D eigenvalue weighted by molar-refractivity contribution is 5.79. The number of hydrogen-bond acceptors (Lipinski definition) is 3. The molecule has 1 heterocycles. The molecule has 0 unspecified atom stereocenters. The molecule has 0 saturated heterocycles. The number of rotatable bonds is 9. The Balaban J connectivity index is 2.25. The van der Waals surface area contributed by atoms with Crippen LogP contribution in [0, 0.1) is 6.92 Å². The molecule has 1 rings (SSSR count). The molecule has 1 aromatic rings. The smallest absolute Gasteiger partial charge is 0.191 e. The van der Waals surface area contributed by atoms with Crippen LogP contribution in [0.5, 0.6) is 0 Å². The second kappa shape index (κ2) is 10.3. The first-order valence-electron chi connectivity index (χ1n) is 7.35. The summed E-state index contributed by atoms with van der Waals surface area (Å²) in [6, 6.07) is 0. The summed E-state index contributed by atoms with van der Waals surface area (Å²) < 4.78 is 7.23. The second-order valence-corrected chi connectivity index (χ2v) is 4.52. The summed E-state index contributed by atoms with van der Waals surface area (Å²) in [4.78, 5) is 4.51. The van der Waals surface area contributed by atoms with Gasteiger partial charge in [0.1, 0.15) is 0 Å². The summed E-state index contributed by atoms with van der Waals surface area (Å²) in [7, 11) is 0. The lowest BCUT2D eigenvalue weighted by molar-refractivity contribution is 0.146. The van der Waals surface area contributed by atoms with E-state index in [-0.39, 0.29) is 0 Å². The average Bonchev–Trinajstić information content (AvgIpc) is 2.84. The van der Waals surface area contributed by atoms with E-state index in [2.05, 4.69) is 27.6 Å². The van der Waals surface area contributed by atoms with Crippen molar-refractivity contribution >= 4 is 5.96 Å². The van der Waals surface area contributed by atoms with Crippen LogP contribution in [0.2, 0.25) is 0 Å². The molecule has 1 aromatic heterocycles. The molecule has 2 N–H and O–H groups in total. The molecule has 0 aliphatic rings. The lowest BCUT2D eigenvalue weighted by atomic mass is 10.4. The molecule has 20 heavy (non-hydrogen) atoms. The minimum Gasteiger partial charge on any atom is -0.382 e. The van der Waals surface area contributed by atoms with Gasteiger partial charge in [-0.15, -0.1) is 0 Å². The van der Waals surface area contributed by atoms with Crippen LogP contribution >= 0.6 is 0 Å². The van der Waals surface area contributed by atoms with Crippen molar-refractivity contribution in [2.45, 2.75) is 33.7 Å². The van der Waals surface area contributed by atoms with Crippen molar-refractivity contribution in [3.63, 3.8) is 0 Å². The number of aromatic nitrogens is 2. The van der Waals surface area contributed by atoms with E-state index in [0.717, 1.165) is 51.8 Å². The van der Waals surface area contributed by atoms with Gasteiger partial charge in [0.15, 0.2) is 5.96 Å². The van der Waals surface area contributed by atoms with Gasteiger partial charge in [-0.05, 0) is 32.8 Å². The van der Waals surface area contributed by atoms with Gasteiger partial charge in [-0.3, -0.25) is 9.67 Å². The molecule has 0 fully saturated rings. The van der Waals surface area contributed by atoms with E-state index in [0.29, 0.717) is 0 Å². The van der Waals surface area contributed by atoms with Gasteiger partial charge in [0.05, 0.1) is 12.7 Å². The third-order valence-corrected chi connectivity index (χ3v) is 2.66. The fraction of sp³-hybridized carbons (Fsp3) is 0.714. The predicted molar refractivity (Wildman–Crippen MR) is 82.1 cm³/mol. The third-order valence-electron chi connectivity index (χ3n) is 2.66. The van der Waals surface area contributed by atoms with Crippen molar-refractivity contribution in [1.82, 2.24) is 20.4 Å². The van der Waals surface area contributed by atoms with Gasteiger partial charge in [0.25, 0.3) is 0 Å². The van der Waals surface area contributed by atoms with Crippen molar-refractivity contribution in [3.05, 3.63) is 18.0 Å². The average molecular weight is 281 g/mol. The first-order chi connectivity index (χ1) is 9.76. The Kier molecular flexibility index (Phi) is 8.46. The maximum atomic E-state index is 5.29. The van der Waals surface area contributed by atoms with Gasteiger partial charge in [0, 0.05) is 39.0 Å². The molecule has 114 valence electrons. The van der Waals surface area contributed by atoms with Crippen LogP contribution in [0.15, 0.2) is 17.4 Å². The van der Waals surface area contributed by atoms with Crippen LogP contribution < -0.4 is 10.6 Å². The Morgan fingerprint density at radius 2 is 2.25 bits per heavy atom. The highest BCUT2D eigenvalue weighted by Crippen LogP contribution is 1.92. The van der Waals surface area contributed by atoms with E-state index in [1.165, 1.54) is 5.56 Å². The second-order valence-electron chi connectivity index (χ2n) is 4.52. The Morgan fingerprint density at radius 3 is 2.90 bits per heavy atom. The van der Waals surface area contributed by atoms with E-state index in [1.54, 1.807) is 0 Å². The highest BCUT2D eigenvalue weighted by Gasteiger charge is 1.98. The fourth-order valence-corrected chi connectivity index (χ4v) is 1.72. The van der Waals surface area contributed by atoms with Crippen LogP contribution in [0.25, 0.3) is 0 Å². The molecule has 0 spiro atoms. The molecular weight excluding hydrogens is 254 g/mol. The van der Waals surface area contributed by atoms with Crippen LogP contribution in [-0.4, -0.2) is 48.6 Å². The van der Waals surface area contributed by atoms with E-state index in [9.17, 15) is 0 Å². The number of nitrogens with one attached hydrogen (secondary N) is 2. The third kappa shape index (κ3) is 7.13. The summed E-state index contributed by atoms with van der Waals surface area (Å²) in [5.74, 6) is 0.855. The van der Waals surface area contributed by atoms with Gasteiger partial charge < -0.3 is 15.4 Å². The number of ether oxygens (including phenoxy) is 1. The molecule has 0 amide bonds. The summed E-state index contributed by atoms with van der Waals surface area (Å²) in [5.41, 5.74) is 1.18. The van der Waals surface area contributed by atoms with Gasteiger partial charge >= 0.3 is 0 Å². The van der Waals surface area contributed by atoms with Crippen LogP contribution in [0.3, 0.4) is 0 Å². The normalized spacial score (nSPS) is 11.7. The molecule has 0 aliphatic carbocycles. The van der Waals surface area contributed by atoms with Crippen molar-refractivity contribution in [2.75, 3.05) is 32.8 Å². The first-order valence-corrected chi connectivity index (χ1v) is 7.35. The summed E-state index contributed by atoms with van der Waals surface area (Å²) in [6.07, 6.45) is 4.85. The van der Waals surface area contributed by atoms with Gasteiger partial charge in [-0.25, -0.2) is 0 Å². The number of aryl methyl sites for hydroxylation is 1. The van der Waals surface area contributed by atoms with Gasteiger partial charge in [-0.1, -0.05) is 0 Å². The number of hydrogen-bond donors (Lipinski definition) is 2. The Morgan fingerprint density at radius 1 is 1.40 bits per heavy atom. The molecule has 0 saturated carbocycles. The monoisotopic (exact) mass is 281 g/mol. The van der Waals surface area contributed by atoms with Crippen LogP contribution in [0.4, 0.5) is 0 Å². The summed E-state index contributed by atoms with van der Waals surface area (Å²) in [6.45, 7) is 10.9. The number of nitrogens with zero attached hydrogens (tertiary/aromatic N) is 3. The van der Waals surface area contributed by atoms with Crippen molar-refractivity contribution < 1.29 is 4.74 Å². The molecule has 0 bridgehead atoms. The molecule has 0 aliphatic heterocycles. The largest absolute Gasteiger partial charge is 0.382 e. The zero-order chi connectivity index (χ0) is 14.6. The van der Waals surface area contributed by atoms with Gasteiger partial charge in [-0.2, -0.15) is 5.10 Å². The minimum absolute atomic E-state index is 0.769. The first kappa shape index (κ1) is 16.5. The quantitative estimate of drug-likeness (QED) is 0.405. The molecule has 0 radical (unpaired) electrons. The minimum atomic E-state index is 0.769. The molecule has 0 atom stereocenters. The van der Waals surface area contributed by atoms with E-state index in [1.807, 2.05) is 30.9 Å². The van der Waals surface area contributed by atoms with Crippen molar-refractivity contribution in [2.24, 2.45) is 4.99 Å². The van der Waals surface area contributed by atoms with E-state index >= 15 is 0 Å². The molecule has 6 heteroatoms. The predicted octanol–water partition coefficient (Wildman–Crippen LogP) is 1.17. The van der Waals surface area contributed by atoms with Gasteiger partial charge in [0.2, 0.25) is 0 Å². The van der Waals surface area contributed by atoms with Crippen molar-refractivity contribution in [1.29, 1.82) is 0 Å². The fourth-order valence-electron chi connectivity index (χ4n) is 1.72. The number of guanidine groups is 1. The van der Waals surface area contributed by atoms with Crippen molar-refractivity contribution in [3.8, 4) is 0 Å². The summed E-state index contributed by atoms with van der Waals surface area (Å²) >= 11 is 0. The zero-order valence-electron chi connectivity index (χ0n) is 12.9. The summed E-state index contributed by atoms with van der Waals surface area (Å²) in [5, 5.41) is 10.8. The SMILES string of the molecule is CCNC(=NCCCOCC)NCCn1cc(C)cn1. The van der Waals surface area contributed by atoms with Crippen LogP contribution in [0.1, 0.15) is 25.8 Å². The zero-order valence-corrected chi connectivity index (χ0v) is 12.9. The topological polar surface area (TPSA) is 63.5 Å². The van der Waals surface area contributed by atoms with E-state index in [4.69, 9.17) is 4.74 Å². The molecular formula is C14H27N5O. The molecule has 6 nitrogen and oxygen atoms in total. The standard InChI is InChI=1S/C14H27N5O/c1-4-15-14(16-7-6-10-20-5-2)17-8-9-19-12-13(3)11-18-19/h11-12H,4-10H2,1-3H3,(H2,15,16,17). The number of aliphatic imine (C=N–C) groups is 1. The van der Waals surface area contributed by atoms with E-state index < -0.39 is 0 Å². The molecule has 0 aromatic carbocycles. The Labute approximate surface area is 121 Å². The maximum absolute atomic E-state index is 5.29. The lowest BCUT2D eigenvalue weighted by Gasteiger charge is -2.11.